The fraction of sp³-hybridized carbons (Fsp3) is 0.389. The largest absolute Gasteiger partial charge is 0.377 e. The summed E-state index contributed by atoms with van der Waals surface area (Å²) < 4.78 is 0.885. The number of nitrogens with zero attached hydrogens (tertiary/aromatic N) is 1. The van der Waals surface area contributed by atoms with Crippen molar-refractivity contribution in [2.24, 2.45) is 0 Å². The number of nitrogens with one attached hydrogen (secondary N) is 1. The molecule has 0 spiro atoms. The zero-order valence-corrected chi connectivity index (χ0v) is 14.4. The summed E-state index contributed by atoms with van der Waals surface area (Å²) in [7, 11) is 0. The predicted octanol–water partition coefficient (Wildman–Crippen LogP) is 5.38. The van der Waals surface area contributed by atoms with Crippen LogP contribution in [-0.4, -0.2) is 4.98 Å². The van der Waals surface area contributed by atoms with Gasteiger partial charge in [-0.05, 0) is 64.4 Å². The SMILES string of the molecule is Cc1nc(Br)ccc1NC1CCC(C)(C)c2ccccc21. The van der Waals surface area contributed by atoms with Gasteiger partial charge in [-0.25, -0.2) is 4.98 Å². The lowest BCUT2D eigenvalue weighted by molar-refractivity contribution is 0.406. The molecule has 0 saturated heterocycles. The van der Waals surface area contributed by atoms with Gasteiger partial charge in [-0.3, -0.25) is 0 Å². The monoisotopic (exact) mass is 344 g/mol. The first-order valence-electron chi connectivity index (χ1n) is 7.46. The zero-order valence-electron chi connectivity index (χ0n) is 12.8. The fourth-order valence-corrected chi connectivity index (χ4v) is 3.63. The molecule has 0 amide bonds. The molecule has 0 aliphatic heterocycles. The number of benzene rings is 1. The number of hydrogen-bond donors (Lipinski definition) is 1. The number of hydrogen-bond acceptors (Lipinski definition) is 2. The minimum absolute atomic E-state index is 0.266. The number of anilines is 1. The van der Waals surface area contributed by atoms with Crippen molar-refractivity contribution in [2.75, 3.05) is 5.32 Å². The molecular formula is C18H21BrN2. The van der Waals surface area contributed by atoms with Crippen molar-refractivity contribution in [3.63, 3.8) is 0 Å². The summed E-state index contributed by atoms with van der Waals surface area (Å²) in [6.45, 7) is 6.73. The highest BCUT2D eigenvalue weighted by atomic mass is 79.9. The molecule has 3 rings (SSSR count). The van der Waals surface area contributed by atoms with Crippen LogP contribution in [0.2, 0.25) is 0 Å². The predicted molar refractivity (Wildman–Crippen MR) is 91.7 cm³/mol. The lowest BCUT2D eigenvalue weighted by Gasteiger charge is -2.37. The lowest BCUT2D eigenvalue weighted by Crippen LogP contribution is -2.29. The van der Waals surface area contributed by atoms with E-state index in [2.05, 4.69) is 70.4 Å². The van der Waals surface area contributed by atoms with Gasteiger partial charge >= 0.3 is 0 Å². The van der Waals surface area contributed by atoms with E-state index in [1.165, 1.54) is 17.5 Å². The Morgan fingerprint density at radius 2 is 1.95 bits per heavy atom. The number of aryl methyl sites for hydroxylation is 1. The Bertz CT molecular complexity index is 664. The summed E-state index contributed by atoms with van der Waals surface area (Å²) in [5.74, 6) is 0. The van der Waals surface area contributed by atoms with Crippen molar-refractivity contribution in [1.82, 2.24) is 4.98 Å². The van der Waals surface area contributed by atoms with Crippen LogP contribution in [0.5, 0.6) is 0 Å². The molecule has 1 aromatic heterocycles. The number of halogens is 1. The van der Waals surface area contributed by atoms with E-state index in [4.69, 9.17) is 0 Å². The highest BCUT2D eigenvalue weighted by Gasteiger charge is 2.32. The molecule has 1 aliphatic rings. The maximum atomic E-state index is 4.48. The van der Waals surface area contributed by atoms with Crippen LogP contribution in [0.4, 0.5) is 5.69 Å². The zero-order chi connectivity index (χ0) is 15.0. The van der Waals surface area contributed by atoms with Gasteiger partial charge in [0.05, 0.1) is 17.4 Å². The minimum atomic E-state index is 0.266. The van der Waals surface area contributed by atoms with Crippen LogP contribution >= 0.6 is 15.9 Å². The highest BCUT2D eigenvalue weighted by Crippen LogP contribution is 2.42. The normalized spacial score (nSPS) is 19.9. The Kier molecular flexibility index (Phi) is 3.78. The van der Waals surface area contributed by atoms with Gasteiger partial charge in [-0.2, -0.15) is 0 Å². The summed E-state index contributed by atoms with van der Waals surface area (Å²) >= 11 is 3.42. The van der Waals surface area contributed by atoms with Crippen molar-refractivity contribution < 1.29 is 0 Å². The molecule has 0 fully saturated rings. The fourth-order valence-electron chi connectivity index (χ4n) is 3.23. The Balaban J connectivity index is 1.94. The average molecular weight is 345 g/mol. The van der Waals surface area contributed by atoms with Gasteiger partial charge in [-0.15, -0.1) is 0 Å². The summed E-state index contributed by atoms with van der Waals surface area (Å²) in [5, 5.41) is 3.69. The second kappa shape index (κ2) is 5.45. The molecule has 110 valence electrons. The van der Waals surface area contributed by atoms with Crippen molar-refractivity contribution in [3.05, 3.63) is 57.8 Å². The molecule has 1 N–H and O–H groups in total. The van der Waals surface area contributed by atoms with Gasteiger partial charge in [0.15, 0.2) is 0 Å². The summed E-state index contributed by atoms with van der Waals surface area (Å²) in [6, 6.07) is 13.3. The van der Waals surface area contributed by atoms with E-state index in [1.54, 1.807) is 0 Å². The molecule has 2 nitrogen and oxygen atoms in total. The molecule has 0 radical (unpaired) electrons. The number of fused-ring (bicyclic) bond motifs is 1. The molecule has 2 aromatic rings. The van der Waals surface area contributed by atoms with E-state index in [-0.39, 0.29) is 5.41 Å². The molecule has 3 heteroatoms. The number of pyridine rings is 1. The maximum absolute atomic E-state index is 4.48. The van der Waals surface area contributed by atoms with Gasteiger partial charge in [0.1, 0.15) is 4.60 Å². The topological polar surface area (TPSA) is 24.9 Å². The maximum Gasteiger partial charge on any atom is 0.106 e. The summed E-state index contributed by atoms with van der Waals surface area (Å²) in [4.78, 5) is 4.48. The summed E-state index contributed by atoms with van der Waals surface area (Å²) in [5.41, 5.74) is 5.32. The highest BCUT2D eigenvalue weighted by molar-refractivity contribution is 9.10. The molecule has 1 aromatic carbocycles. The van der Waals surface area contributed by atoms with Gasteiger partial charge in [-0.1, -0.05) is 38.1 Å². The molecule has 1 aliphatic carbocycles. The van der Waals surface area contributed by atoms with Crippen LogP contribution in [0, 0.1) is 6.92 Å². The molecule has 1 atom stereocenters. The Hall–Kier alpha value is -1.35. The van der Waals surface area contributed by atoms with E-state index in [1.807, 2.05) is 13.0 Å². The number of rotatable bonds is 2. The molecule has 0 bridgehead atoms. The quantitative estimate of drug-likeness (QED) is 0.740. The van der Waals surface area contributed by atoms with E-state index < -0.39 is 0 Å². The third-order valence-electron chi connectivity index (χ3n) is 4.50. The van der Waals surface area contributed by atoms with Crippen LogP contribution in [0.1, 0.15) is 49.6 Å². The Morgan fingerprint density at radius 3 is 2.71 bits per heavy atom. The minimum Gasteiger partial charge on any atom is -0.377 e. The lowest BCUT2D eigenvalue weighted by atomic mass is 9.71. The Morgan fingerprint density at radius 1 is 1.19 bits per heavy atom. The first-order valence-corrected chi connectivity index (χ1v) is 8.26. The molecular weight excluding hydrogens is 324 g/mol. The van der Waals surface area contributed by atoms with E-state index in [0.717, 1.165) is 22.4 Å². The second-order valence-electron chi connectivity index (χ2n) is 6.47. The standard InChI is InChI=1S/C18H21BrN2/c1-12-15(8-9-17(19)20-12)21-16-10-11-18(2,3)14-7-5-4-6-13(14)16/h4-9,16,21H,10-11H2,1-3H3. The van der Waals surface area contributed by atoms with Crippen LogP contribution in [0.3, 0.4) is 0 Å². The average Bonchev–Trinajstić information content (AvgIpc) is 2.45. The third-order valence-corrected chi connectivity index (χ3v) is 4.95. The van der Waals surface area contributed by atoms with Crippen LogP contribution in [-0.2, 0) is 5.41 Å². The van der Waals surface area contributed by atoms with Crippen molar-refractivity contribution in [1.29, 1.82) is 0 Å². The smallest absolute Gasteiger partial charge is 0.106 e. The first-order chi connectivity index (χ1) is 9.97. The third kappa shape index (κ3) is 2.84. The summed E-state index contributed by atoms with van der Waals surface area (Å²) in [6.07, 6.45) is 2.35. The van der Waals surface area contributed by atoms with Gasteiger partial charge in [0.2, 0.25) is 0 Å². The van der Waals surface area contributed by atoms with Crippen LogP contribution in [0.25, 0.3) is 0 Å². The molecule has 0 saturated carbocycles. The van der Waals surface area contributed by atoms with Crippen LogP contribution < -0.4 is 5.32 Å². The Labute approximate surface area is 135 Å². The molecule has 1 heterocycles. The number of aromatic nitrogens is 1. The van der Waals surface area contributed by atoms with Crippen molar-refractivity contribution >= 4 is 21.6 Å². The van der Waals surface area contributed by atoms with E-state index in [9.17, 15) is 0 Å². The van der Waals surface area contributed by atoms with E-state index >= 15 is 0 Å². The van der Waals surface area contributed by atoms with Gasteiger partial charge in [0.25, 0.3) is 0 Å². The molecule has 21 heavy (non-hydrogen) atoms. The van der Waals surface area contributed by atoms with Crippen molar-refractivity contribution in [2.45, 2.75) is 45.1 Å². The molecule has 1 unspecified atom stereocenters. The second-order valence-corrected chi connectivity index (χ2v) is 7.29. The first kappa shape index (κ1) is 14.6. The van der Waals surface area contributed by atoms with Crippen molar-refractivity contribution in [3.8, 4) is 0 Å². The van der Waals surface area contributed by atoms with Crippen LogP contribution in [0.15, 0.2) is 41.0 Å². The van der Waals surface area contributed by atoms with Gasteiger partial charge in [0, 0.05) is 0 Å². The van der Waals surface area contributed by atoms with E-state index in [0.29, 0.717) is 6.04 Å². The van der Waals surface area contributed by atoms with Gasteiger partial charge < -0.3 is 5.32 Å².